The Morgan fingerprint density at radius 1 is 0.931 bits per heavy atom. The van der Waals surface area contributed by atoms with Crippen LogP contribution in [0.2, 0.25) is 0 Å². The number of ether oxygens (including phenoxy) is 1. The first-order valence-corrected chi connectivity index (χ1v) is 10.4. The Morgan fingerprint density at radius 3 is 2.10 bits per heavy atom. The summed E-state index contributed by atoms with van der Waals surface area (Å²) in [5.41, 5.74) is 1.13. The molecular weight excluding hydrogens is 434 g/mol. The van der Waals surface area contributed by atoms with Crippen LogP contribution in [-0.4, -0.2) is 24.2 Å². The fourth-order valence-corrected chi connectivity index (χ4v) is 4.98. The number of hydrogen-bond donors (Lipinski definition) is 0. The number of ketones is 1. The van der Waals surface area contributed by atoms with Crippen molar-refractivity contribution in [2.24, 2.45) is 23.7 Å². The van der Waals surface area contributed by atoms with E-state index in [1.54, 1.807) is 36.4 Å². The molecule has 5 nitrogen and oxygen atoms in total. The normalized spacial score (nSPS) is 26.9. The first kappa shape index (κ1) is 18.3. The molecule has 1 saturated carbocycles. The number of nitrogens with zero attached hydrogens (tertiary/aromatic N) is 1. The molecule has 1 heterocycles. The first-order valence-electron chi connectivity index (χ1n) is 9.61. The van der Waals surface area contributed by atoms with Crippen molar-refractivity contribution in [2.45, 2.75) is 6.42 Å². The third-order valence-electron chi connectivity index (χ3n) is 6.10. The smallest absolute Gasteiger partial charge is 0.238 e. The molecule has 2 aliphatic carbocycles. The number of carbonyl (C=O) groups is 3. The van der Waals surface area contributed by atoms with Gasteiger partial charge in [-0.2, -0.15) is 0 Å². The van der Waals surface area contributed by atoms with Crippen LogP contribution in [0.25, 0.3) is 0 Å². The van der Waals surface area contributed by atoms with Gasteiger partial charge in [0.05, 0.1) is 17.5 Å². The van der Waals surface area contributed by atoms with Gasteiger partial charge in [0.2, 0.25) is 11.8 Å². The average Bonchev–Trinajstić information content (AvgIpc) is 3.41. The highest BCUT2D eigenvalue weighted by Crippen LogP contribution is 2.53. The van der Waals surface area contributed by atoms with Crippen molar-refractivity contribution in [3.05, 3.63) is 70.7 Å². The zero-order chi connectivity index (χ0) is 20.1. The molecule has 4 atom stereocenters. The Kier molecular flexibility index (Phi) is 4.39. The fourth-order valence-electron chi connectivity index (χ4n) is 4.72. The largest absolute Gasteiger partial charge is 0.485 e. The number of anilines is 1. The van der Waals surface area contributed by atoms with E-state index in [2.05, 4.69) is 28.1 Å². The van der Waals surface area contributed by atoms with Gasteiger partial charge in [0.1, 0.15) is 5.75 Å². The van der Waals surface area contributed by atoms with Crippen LogP contribution >= 0.6 is 15.9 Å². The molecule has 2 bridgehead atoms. The predicted molar refractivity (Wildman–Crippen MR) is 111 cm³/mol. The summed E-state index contributed by atoms with van der Waals surface area (Å²) in [4.78, 5) is 39.3. The van der Waals surface area contributed by atoms with Crippen molar-refractivity contribution in [2.75, 3.05) is 11.5 Å². The maximum atomic E-state index is 12.9. The van der Waals surface area contributed by atoms with Crippen LogP contribution in [0.4, 0.5) is 5.69 Å². The monoisotopic (exact) mass is 451 g/mol. The lowest BCUT2D eigenvalue weighted by atomic mass is 9.85. The van der Waals surface area contributed by atoms with E-state index >= 15 is 0 Å². The van der Waals surface area contributed by atoms with E-state index in [0.29, 0.717) is 17.0 Å². The van der Waals surface area contributed by atoms with Crippen LogP contribution in [0.3, 0.4) is 0 Å². The Bertz CT molecular complexity index is 998. The molecular formula is C23H18BrNO4. The summed E-state index contributed by atoms with van der Waals surface area (Å²) in [6.07, 6.45) is 5.08. The van der Waals surface area contributed by atoms with Crippen molar-refractivity contribution in [3.8, 4) is 5.75 Å². The topological polar surface area (TPSA) is 63.7 Å². The molecule has 29 heavy (non-hydrogen) atoms. The molecule has 2 aromatic carbocycles. The van der Waals surface area contributed by atoms with E-state index < -0.39 is 0 Å². The quantitative estimate of drug-likeness (QED) is 0.391. The van der Waals surface area contributed by atoms with Gasteiger partial charge < -0.3 is 4.74 Å². The Labute approximate surface area is 176 Å². The third-order valence-corrected chi connectivity index (χ3v) is 6.63. The molecule has 0 unspecified atom stereocenters. The van der Waals surface area contributed by atoms with Crippen LogP contribution in [0.1, 0.15) is 16.8 Å². The van der Waals surface area contributed by atoms with Gasteiger partial charge in [-0.1, -0.05) is 40.2 Å². The average molecular weight is 452 g/mol. The molecule has 0 radical (unpaired) electrons. The SMILES string of the molecule is O=C(COc1ccc(N2C(=O)[C@H]3[C@H](C2=O)[C@H]2C=C[C@H]3C2)cc1)c1ccc(Br)cc1. The van der Waals surface area contributed by atoms with Gasteiger partial charge in [0.25, 0.3) is 0 Å². The van der Waals surface area contributed by atoms with Crippen LogP contribution in [-0.2, 0) is 9.59 Å². The van der Waals surface area contributed by atoms with E-state index in [0.717, 1.165) is 10.9 Å². The van der Waals surface area contributed by atoms with Gasteiger partial charge in [-0.05, 0) is 54.7 Å². The lowest BCUT2D eigenvalue weighted by Gasteiger charge is -2.17. The maximum absolute atomic E-state index is 12.9. The number of imide groups is 1. The second kappa shape index (κ2) is 6.95. The second-order valence-corrected chi connectivity index (χ2v) is 8.64. The summed E-state index contributed by atoms with van der Waals surface area (Å²) in [7, 11) is 0. The van der Waals surface area contributed by atoms with E-state index in [-0.39, 0.29) is 47.9 Å². The van der Waals surface area contributed by atoms with Crippen LogP contribution in [0.15, 0.2) is 65.2 Å². The Balaban J connectivity index is 1.26. The van der Waals surface area contributed by atoms with Gasteiger partial charge >= 0.3 is 0 Å². The molecule has 2 fully saturated rings. The number of rotatable bonds is 5. The maximum Gasteiger partial charge on any atom is 0.238 e. The number of fused-ring (bicyclic) bond motifs is 5. The molecule has 0 N–H and O–H groups in total. The van der Waals surface area contributed by atoms with E-state index in [1.807, 2.05) is 12.1 Å². The lowest BCUT2D eigenvalue weighted by molar-refractivity contribution is -0.123. The van der Waals surface area contributed by atoms with Gasteiger partial charge in [-0.25, -0.2) is 0 Å². The van der Waals surface area contributed by atoms with Crippen molar-refractivity contribution in [3.63, 3.8) is 0 Å². The molecule has 5 rings (SSSR count). The minimum Gasteiger partial charge on any atom is -0.485 e. The lowest BCUT2D eigenvalue weighted by Crippen LogP contribution is -2.32. The van der Waals surface area contributed by atoms with Crippen LogP contribution < -0.4 is 9.64 Å². The molecule has 0 spiro atoms. The predicted octanol–water partition coefficient (Wildman–Crippen LogP) is 4.02. The van der Waals surface area contributed by atoms with Crippen molar-refractivity contribution >= 4 is 39.2 Å². The third kappa shape index (κ3) is 3.02. The number of allylic oxidation sites excluding steroid dienone is 2. The Morgan fingerprint density at radius 2 is 1.52 bits per heavy atom. The second-order valence-electron chi connectivity index (χ2n) is 7.72. The molecule has 0 aromatic heterocycles. The van der Waals surface area contributed by atoms with Crippen molar-refractivity contribution < 1.29 is 19.1 Å². The van der Waals surface area contributed by atoms with Gasteiger partial charge in [0.15, 0.2) is 12.4 Å². The number of carbonyl (C=O) groups excluding carboxylic acids is 3. The van der Waals surface area contributed by atoms with Crippen LogP contribution in [0, 0.1) is 23.7 Å². The number of hydrogen-bond acceptors (Lipinski definition) is 4. The van der Waals surface area contributed by atoms with Gasteiger partial charge in [0, 0.05) is 10.0 Å². The number of amides is 2. The molecule has 1 aliphatic heterocycles. The molecule has 2 aromatic rings. The molecule has 3 aliphatic rings. The Hall–Kier alpha value is -2.73. The summed E-state index contributed by atoms with van der Waals surface area (Å²) < 4.78 is 6.49. The zero-order valence-corrected chi connectivity index (χ0v) is 17.0. The highest BCUT2D eigenvalue weighted by Gasteiger charge is 2.59. The summed E-state index contributed by atoms with van der Waals surface area (Å²) >= 11 is 3.34. The van der Waals surface area contributed by atoms with Crippen molar-refractivity contribution in [1.29, 1.82) is 0 Å². The van der Waals surface area contributed by atoms with Crippen LogP contribution in [0.5, 0.6) is 5.75 Å². The van der Waals surface area contributed by atoms with E-state index in [1.165, 1.54) is 4.90 Å². The summed E-state index contributed by atoms with van der Waals surface area (Å²) in [6.45, 7) is -0.0816. The zero-order valence-electron chi connectivity index (χ0n) is 15.5. The summed E-state index contributed by atoms with van der Waals surface area (Å²) in [5, 5.41) is 0. The summed E-state index contributed by atoms with van der Waals surface area (Å²) in [6, 6.07) is 13.9. The highest BCUT2D eigenvalue weighted by atomic mass is 79.9. The number of halogens is 1. The van der Waals surface area contributed by atoms with Gasteiger partial charge in [-0.15, -0.1) is 0 Å². The standard InChI is InChI=1S/C23H18BrNO4/c24-16-5-3-13(4-6-16)19(26)12-29-18-9-7-17(8-10-18)25-22(27)20-14-1-2-15(11-14)21(20)23(25)28/h1-10,14-15,20-21H,11-12H2/t14-,15-,20+,21+/m0/s1. The highest BCUT2D eigenvalue weighted by molar-refractivity contribution is 9.10. The minimum atomic E-state index is -0.211. The fraction of sp³-hybridized carbons (Fsp3) is 0.261. The minimum absolute atomic E-state index is 0.0816. The van der Waals surface area contributed by atoms with Gasteiger partial charge in [-0.3, -0.25) is 19.3 Å². The van der Waals surface area contributed by atoms with E-state index in [9.17, 15) is 14.4 Å². The number of benzene rings is 2. The first-order chi connectivity index (χ1) is 14.0. The molecule has 1 saturated heterocycles. The summed E-state index contributed by atoms with van der Waals surface area (Å²) in [5.74, 6) is 0.153. The van der Waals surface area contributed by atoms with E-state index in [4.69, 9.17) is 4.74 Å². The molecule has 6 heteroatoms. The van der Waals surface area contributed by atoms with Crippen molar-refractivity contribution in [1.82, 2.24) is 0 Å². The number of Topliss-reactive ketones (excluding diaryl/α,β-unsaturated/α-hetero) is 1. The molecule has 146 valence electrons. The molecule has 2 amide bonds.